The number of hydrogen-bond donors (Lipinski definition) is 1. The number of aliphatic hydroxyl groups is 1. The number of rotatable bonds is 7. The summed E-state index contributed by atoms with van der Waals surface area (Å²) in [7, 11) is 0. The molecule has 0 bridgehead atoms. The van der Waals surface area contributed by atoms with Crippen LogP contribution in [0.2, 0.25) is 0 Å². The maximum absolute atomic E-state index is 11.8. The molecule has 126 valence electrons. The van der Waals surface area contributed by atoms with E-state index in [1.807, 2.05) is 41.8 Å². The first kappa shape index (κ1) is 16.5. The standard InChI is InChI=1S/C17H18N2O4S/c1-2-12-5-3-6-14(9-12)22-11-13(20)10-19-17(21)23-16(18-19)15-7-4-8-24-15/h3-9,13,20H,2,10-11H2,1H3. The van der Waals surface area contributed by atoms with Crippen LogP contribution in [0.5, 0.6) is 5.75 Å². The minimum atomic E-state index is -0.866. The van der Waals surface area contributed by atoms with E-state index < -0.39 is 11.9 Å². The van der Waals surface area contributed by atoms with Crippen molar-refractivity contribution in [3.05, 3.63) is 57.9 Å². The molecule has 0 aliphatic carbocycles. The van der Waals surface area contributed by atoms with Crippen LogP contribution < -0.4 is 10.5 Å². The van der Waals surface area contributed by atoms with Gasteiger partial charge in [0.15, 0.2) is 0 Å². The average Bonchev–Trinajstić information content (AvgIpc) is 3.24. The number of nitrogens with zero attached hydrogens (tertiary/aromatic N) is 2. The molecule has 1 aromatic carbocycles. The number of hydrogen-bond acceptors (Lipinski definition) is 6. The Hall–Kier alpha value is -2.38. The molecule has 0 aliphatic heterocycles. The zero-order valence-electron chi connectivity index (χ0n) is 13.2. The van der Waals surface area contributed by atoms with Gasteiger partial charge in [-0.3, -0.25) is 0 Å². The topological polar surface area (TPSA) is 77.5 Å². The largest absolute Gasteiger partial charge is 0.491 e. The molecule has 0 aliphatic rings. The van der Waals surface area contributed by atoms with E-state index in [9.17, 15) is 9.90 Å². The van der Waals surface area contributed by atoms with Crippen molar-refractivity contribution in [3.63, 3.8) is 0 Å². The Kier molecular flexibility index (Phi) is 5.12. The molecule has 0 saturated heterocycles. The first-order valence-electron chi connectivity index (χ1n) is 7.67. The normalized spacial score (nSPS) is 12.2. The van der Waals surface area contributed by atoms with Crippen LogP contribution in [0, 0.1) is 0 Å². The van der Waals surface area contributed by atoms with Crippen LogP contribution >= 0.6 is 11.3 Å². The zero-order valence-corrected chi connectivity index (χ0v) is 14.0. The van der Waals surface area contributed by atoms with E-state index in [0.29, 0.717) is 5.75 Å². The van der Waals surface area contributed by atoms with Gasteiger partial charge in [-0.25, -0.2) is 4.79 Å². The fourth-order valence-electron chi connectivity index (χ4n) is 2.22. The third kappa shape index (κ3) is 3.93. The first-order chi connectivity index (χ1) is 11.7. The highest BCUT2D eigenvalue weighted by Gasteiger charge is 2.15. The monoisotopic (exact) mass is 346 g/mol. The van der Waals surface area contributed by atoms with Crippen LogP contribution in [0.1, 0.15) is 12.5 Å². The van der Waals surface area contributed by atoms with Gasteiger partial charge in [0, 0.05) is 0 Å². The van der Waals surface area contributed by atoms with Crippen molar-refractivity contribution in [2.24, 2.45) is 0 Å². The van der Waals surface area contributed by atoms with E-state index in [1.54, 1.807) is 0 Å². The lowest BCUT2D eigenvalue weighted by Gasteiger charge is -2.12. The molecule has 0 amide bonds. The van der Waals surface area contributed by atoms with E-state index in [1.165, 1.54) is 11.3 Å². The summed E-state index contributed by atoms with van der Waals surface area (Å²) in [6.07, 6.45) is 0.0498. The zero-order chi connectivity index (χ0) is 16.9. The molecule has 2 aromatic heterocycles. The molecule has 24 heavy (non-hydrogen) atoms. The highest BCUT2D eigenvalue weighted by atomic mass is 32.1. The molecule has 0 radical (unpaired) electrons. The predicted octanol–water partition coefficient (Wildman–Crippen LogP) is 2.57. The van der Waals surface area contributed by atoms with Gasteiger partial charge in [0.1, 0.15) is 18.5 Å². The maximum atomic E-state index is 11.8. The van der Waals surface area contributed by atoms with Crippen molar-refractivity contribution in [1.82, 2.24) is 9.78 Å². The van der Waals surface area contributed by atoms with Crippen LogP contribution in [0.15, 0.2) is 51.0 Å². The smallest absolute Gasteiger partial charge is 0.437 e. The van der Waals surface area contributed by atoms with Crippen LogP contribution in [-0.2, 0) is 13.0 Å². The SMILES string of the molecule is CCc1cccc(OCC(O)Cn2nc(-c3cccs3)oc2=O)c1. The molecular weight excluding hydrogens is 328 g/mol. The number of aryl methyl sites for hydroxylation is 1. The summed E-state index contributed by atoms with van der Waals surface area (Å²) in [5.41, 5.74) is 1.16. The molecule has 2 heterocycles. The van der Waals surface area contributed by atoms with E-state index in [4.69, 9.17) is 9.15 Å². The van der Waals surface area contributed by atoms with Crippen molar-refractivity contribution >= 4 is 11.3 Å². The number of benzene rings is 1. The summed E-state index contributed by atoms with van der Waals surface area (Å²) >= 11 is 1.43. The van der Waals surface area contributed by atoms with Gasteiger partial charge < -0.3 is 14.3 Å². The minimum Gasteiger partial charge on any atom is -0.491 e. The van der Waals surface area contributed by atoms with Gasteiger partial charge in [-0.2, -0.15) is 4.68 Å². The van der Waals surface area contributed by atoms with E-state index >= 15 is 0 Å². The molecule has 0 spiro atoms. The second-order valence-electron chi connectivity index (χ2n) is 5.30. The summed E-state index contributed by atoms with van der Waals surface area (Å²) in [5, 5.41) is 16.1. The number of aromatic nitrogens is 2. The van der Waals surface area contributed by atoms with E-state index in [2.05, 4.69) is 12.0 Å². The molecular formula is C17H18N2O4S. The number of aliphatic hydroxyl groups excluding tert-OH is 1. The van der Waals surface area contributed by atoms with Gasteiger partial charge in [0.2, 0.25) is 0 Å². The van der Waals surface area contributed by atoms with Gasteiger partial charge in [-0.1, -0.05) is 25.1 Å². The Bertz CT molecular complexity index is 838. The maximum Gasteiger partial charge on any atom is 0.437 e. The Balaban J connectivity index is 1.60. The predicted molar refractivity (Wildman–Crippen MR) is 91.4 cm³/mol. The molecule has 0 saturated carbocycles. The first-order valence-corrected chi connectivity index (χ1v) is 8.55. The molecule has 0 fully saturated rings. The highest BCUT2D eigenvalue weighted by molar-refractivity contribution is 7.13. The van der Waals surface area contributed by atoms with Crippen molar-refractivity contribution in [3.8, 4) is 16.5 Å². The quantitative estimate of drug-likeness (QED) is 0.711. The Labute approximate surface area is 142 Å². The van der Waals surface area contributed by atoms with Crippen molar-refractivity contribution in [2.75, 3.05) is 6.61 Å². The number of ether oxygens (including phenoxy) is 1. The molecule has 6 nitrogen and oxygen atoms in total. The summed E-state index contributed by atoms with van der Waals surface area (Å²) in [6.45, 7) is 2.15. The molecule has 3 aromatic rings. The van der Waals surface area contributed by atoms with E-state index in [0.717, 1.165) is 21.5 Å². The van der Waals surface area contributed by atoms with Gasteiger partial charge in [-0.05, 0) is 35.6 Å². The number of thiophene rings is 1. The molecule has 7 heteroatoms. The van der Waals surface area contributed by atoms with Gasteiger partial charge in [-0.15, -0.1) is 16.4 Å². The van der Waals surface area contributed by atoms with Crippen LogP contribution in [0.3, 0.4) is 0 Å². The highest BCUT2D eigenvalue weighted by Crippen LogP contribution is 2.21. The second-order valence-corrected chi connectivity index (χ2v) is 6.25. The third-order valence-electron chi connectivity index (χ3n) is 3.47. The summed E-state index contributed by atoms with van der Waals surface area (Å²) in [6, 6.07) is 11.4. The van der Waals surface area contributed by atoms with Crippen molar-refractivity contribution in [1.29, 1.82) is 0 Å². The van der Waals surface area contributed by atoms with Crippen LogP contribution in [-0.4, -0.2) is 27.6 Å². The second kappa shape index (κ2) is 7.46. The van der Waals surface area contributed by atoms with Crippen molar-refractivity contribution in [2.45, 2.75) is 26.0 Å². The van der Waals surface area contributed by atoms with Gasteiger partial charge in [0.05, 0.1) is 11.4 Å². The Morgan fingerprint density at radius 3 is 3.00 bits per heavy atom. The fraction of sp³-hybridized carbons (Fsp3) is 0.294. The van der Waals surface area contributed by atoms with Crippen molar-refractivity contribution < 1.29 is 14.3 Å². The molecule has 1 atom stereocenters. The summed E-state index contributed by atoms with van der Waals surface area (Å²) < 4.78 is 11.8. The molecule has 1 N–H and O–H groups in total. The lowest BCUT2D eigenvalue weighted by atomic mass is 10.2. The fourth-order valence-corrected chi connectivity index (χ4v) is 2.87. The van der Waals surface area contributed by atoms with E-state index in [-0.39, 0.29) is 19.0 Å². The molecule has 3 rings (SSSR count). The Morgan fingerprint density at radius 2 is 2.25 bits per heavy atom. The van der Waals surface area contributed by atoms with Gasteiger partial charge >= 0.3 is 5.76 Å². The summed E-state index contributed by atoms with van der Waals surface area (Å²) in [5.74, 6) is 0.365. The molecule has 1 unspecified atom stereocenters. The average molecular weight is 346 g/mol. The lowest BCUT2D eigenvalue weighted by Crippen LogP contribution is -2.29. The summed E-state index contributed by atoms with van der Waals surface area (Å²) in [4.78, 5) is 12.6. The van der Waals surface area contributed by atoms with Gasteiger partial charge in [0.25, 0.3) is 5.89 Å². The third-order valence-corrected chi connectivity index (χ3v) is 4.33. The minimum absolute atomic E-state index is 0.0151. The lowest BCUT2D eigenvalue weighted by molar-refractivity contribution is 0.0875. The Morgan fingerprint density at radius 1 is 1.38 bits per heavy atom. The van der Waals surface area contributed by atoms with Crippen LogP contribution in [0.4, 0.5) is 0 Å². The van der Waals surface area contributed by atoms with Crippen LogP contribution in [0.25, 0.3) is 10.8 Å².